The molecule has 1 saturated heterocycles. The number of nitrogens with one attached hydrogen (secondary N) is 1. The molecule has 9 heteroatoms. The Balaban J connectivity index is 0.000000804. The van der Waals surface area contributed by atoms with E-state index in [9.17, 15) is 26.4 Å². The number of sulfone groups is 1. The average Bonchev–Trinajstić information content (AvgIpc) is 3.09. The Labute approximate surface area is 200 Å². The summed E-state index contributed by atoms with van der Waals surface area (Å²) < 4.78 is 52.2. The molecule has 188 valence electrons. The quantitative estimate of drug-likeness (QED) is 0.628. The van der Waals surface area contributed by atoms with E-state index in [1.54, 1.807) is 11.9 Å². The summed E-state index contributed by atoms with van der Waals surface area (Å²) in [5.41, 5.74) is 5.02. The van der Waals surface area contributed by atoms with Crippen molar-refractivity contribution < 1.29 is 27.8 Å². The number of nitrogens with zero attached hydrogens (tertiary/aromatic N) is 1. The number of rotatable bonds is 5. The van der Waals surface area contributed by atoms with Crippen molar-refractivity contribution in [3.8, 4) is 0 Å². The van der Waals surface area contributed by atoms with Crippen molar-refractivity contribution in [2.75, 3.05) is 23.9 Å². The van der Waals surface area contributed by atoms with E-state index >= 15 is 0 Å². The first-order chi connectivity index (χ1) is 16.1. The maximum Gasteiger partial charge on any atom is 0.379 e. The Bertz CT molecular complexity index is 1070. The fourth-order valence-electron chi connectivity index (χ4n) is 4.69. The summed E-state index contributed by atoms with van der Waals surface area (Å²) in [6, 6.07) is 17.3. The zero-order valence-electron chi connectivity index (χ0n) is 19.4. The van der Waals surface area contributed by atoms with Crippen molar-refractivity contribution >= 4 is 21.4 Å². The predicted octanol–water partition coefficient (Wildman–Crippen LogP) is 5.03. The molecule has 0 spiro atoms. The van der Waals surface area contributed by atoms with E-state index in [4.69, 9.17) is 0 Å². The number of alkyl halides is 3. The normalized spacial score (nSPS) is 21.4. The van der Waals surface area contributed by atoms with Gasteiger partial charge in [-0.2, -0.15) is 13.2 Å². The number of halogens is 3. The highest BCUT2D eigenvalue weighted by molar-refractivity contribution is 7.91. The molecule has 34 heavy (non-hydrogen) atoms. The standard InChI is InChI=1S/C24H30N2O3S.CHF3.H2/c1-17-22-6-4-3-5-20(22)15-23(17)25-21-9-7-18(8-10-21)16-26(2)24(27)19-11-13-30(28,29)14-12-19;2-1(3)4;/h3-10,17,19,23,25H,11-16H2,1-2H3;1H;1H/t17-,23-;;/m0../s1. The van der Waals surface area contributed by atoms with Crippen LogP contribution < -0.4 is 5.32 Å². The van der Waals surface area contributed by atoms with Gasteiger partial charge >= 0.3 is 6.68 Å². The van der Waals surface area contributed by atoms with Crippen LogP contribution in [0.2, 0.25) is 0 Å². The van der Waals surface area contributed by atoms with Crippen molar-refractivity contribution in [2.45, 2.75) is 51.4 Å². The number of carbonyl (C=O) groups excluding carboxylic acids is 1. The van der Waals surface area contributed by atoms with Crippen molar-refractivity contribution in [1.82, 2.24) is 4.90 Å². The van der Waals surface area contributed by atoms with Crippen molar-refractivity contribution in [2.24, 2.45) is 5.92 Å². The molecule has 0 radical (unpaired) electrons. The first kappa shape index (κ1) is 26.1. The number of benzene rings is 2. The van der Waals surface area contributed by atoms with Gasteiger partial charge in [-0.3, -0.25) is 4.79 Å². The molecule has 0 aromatic heterocycles. The maximum absolute atomic E-state index is 12.7. The molecule has 0 bridgehead atoms. The Morgan fingerprint density at radius 2 is 1.68 bits per heavy atom. The van der Waals surface area contributed by atoms with Gasteiger partial charge in [-0.05, 0) is 48.1 Å². The van der Waals surface area contributed by atoms with Crippen molar-refractivity contribution in [3.63, 3.8) is 0 Å². The Hall–Kier alpha value is -2.55. The van der Waals surface area contributed by atoms with Crippen molar-refractivity contribution in [3.05, 3.63) is 65.2 Å². The summed E-state index contributed by atoms with van der Waals surface area (Å²) in [6.07, 6.45) is 1.92. The lowest BCUT2D eigenvalue weighted by atomic mass is 10.0. The number of anilines is 1. The smallest absolute Gasteiger partial charge is 0.379 e. The predicted molar refractivity (Wildman–Crippen MR) is 129 cm³/mol. The van der Waals surface area contributed by atoms with Crippen LogP contribution in [0.4, 0.5) is 18.9 Å². The molecule has 2 aliphatic rings. The molecule has 2 aromatic rings. The van der Waals surface area contributed by atoms with Gasteiger partial charge in [-0.25, -0.2) is 8.42 Å². The second-order valence-corrected chi connectivity index (χ2v) is 11.3. The number of amides is 1. The minimum absolute atomic E-state index is 0. The molecule has 1 N–H and O–H groups in total. The average molecular weight is 499 g/mol. The molecule has 2 aromatic carbocycles. The second-order valence-electron chi connectivity index (χ2n) is 9.01. The highest BCUT2D eigenvalue weighted by Gasteiger charge is 2.30. The maximum atomic E-state index is 12.7. The minimum Gasteiger partial charge on any atom is -0.381 e. The van der Waals surface area contributed by atoms with Crippen LogP contribution in [0, 0.1) is 5.92 Å². The highest BCUT2D eigenvalue weighted by atomic mass is 32.2. The third kappa shape index (κ3) is 6.98. The number of fused-ring (bicyclic) bond motifs is 1. The lowest BCUT2D eigenvalue weighted by Crippen LogP contribution is -2.37. The summed E-state index contributed by atoms with van der Waals surface area (Å²) >= 11 is 0. The lowest BCUT2D eigenvalue weighted by Gasteiger charge is -2.26. The van der Waals surface area contributed by atoms with Gasteiger partial charge in [0, 0.05) is 38.6 Å². The molecule has 0 unspecified atom stereocenters. The number of hydrogen-bond acceptors (Lipinski definition) is 4. The number of carbonyl (C=O) groups is 1. The summed E-state index contributed by atoms with van der Waals surface area (Å²) in [4.78, 5) is 14.4. The molecular weight excluding hydrogens is 465 g/mol. The topological polar surface area (TPSA) is 66.5 Å². The third-order valence-corrected chi connectivity index (χ3v) is 8.31. The van der Waals surface area contributed by atoms with Crippen LogP contribution in [0.15, 0.2) is 48.5 Å². The van der Waals surface area contributed by atoms with E-state index in [-0.39, 0.29) is 24.8 Å². The van der Waals surface area contributed by atoms with E-state index in [1.807, 2.05) is 0 Å². The van der Waals surface area contributed by atoms with Crippen LogP contribution in [0.1, 0.15) is 43.8 Å². The van der Waals surface area contributed by atoms with Crippen molar-refractivity contribution in [1.29, 1.82) is 0 Å². The largest absolute Gasteiger partial charge is 0.381 e. The zero-order valence-corrected chi connectivity index (χ0v) is 20.2. The Kier molecular flexibility index (Phi) is 8.62. The molecule has 4 rings (SSSR count). The summed E-state index contributed by atoms with van der Waals surface area (Å²) in [7, 11) is -1.15. The second kappa shape index (κ2) is 11.3. The van der Waals surface area contributed by atoms with E-state index in [2.05, 4.69) is 60.8 Å². The molecule has 1 amide bonds. The third-order valence-electron chi connectivity index (χ3n) is 6.59. The van der Waals surface area contributed by atoms with Crippen LogP contribution in [-0.2, 0) is 27.6 Å². The summed E-state index contributed by atoms with van der Waals surface area (Å²) in [6.45, 7) is -0.859. The van der Waals surface area contributed by atoms with Gasteiger partial charge in [0.05, 0.1) is 11.5 Å². The van der Waals surface area contributed by atoms with E-state index in [0.29, 0.717) is 31.3 Å². The van der Waals surface area contributed by atoms with E-state index in [0.717, 1.165) is 17.7 Å². The van der Waals surface area contributed by atoms with Gasteiger partial charge in [-0.15, -0.1) is 0 Å². The Morgan fingerprint density at radius 3 is 2.26 bits per heavy atom. The Morgan fingerprint density at radius 1 is 1.09 bits per heavy atom. The fraction of sp³-hybridized carbons (Fsp3) is 0.480. The number of hydrogen-bond donors (Lipinski definition) is 1. The van der Waals surface area contributed by atoms with Crippen LogP contribution in [0.5, 0.6) is 0 Å². The van der Waals surface area contributed by atoms with Crippen LogP contribution >= 0.6 is 0 Å². The highest BCUT2D eigenvalue weighted by Crippen LogP contribution is 2.34. The molecule has 1 aliphatic carbocycles. The van der Waals surface area contributed by atoms with E-state index in [1.165, 1.54) is 11.1 Å². The van der Waals surface area contributed by atoms with Crippen LogP contribution in [0.25, 0.3) is 0 Å². The molecular formula is C25H33F3N2O3S. The van der Waals surface area contributed by atoms with Crippen LogP contribution in [0.3, 0.4) is 0 Å². The molecule has 5 nitrogen and oxygen atoms in total. The van der Waals surface area contributed by atoms with Crippen LogP contribution in [-0.4, -0.2) is 50.5 Å². The molecule has 1 heterocycles. The first-order valence-corrected chi connectivity index (χ1v) is 13.2. The van der Waals surface area contributed by atoms with Gasteiger partial charge in [0.15, 0.2) is 0 Å². The molecule has 0 saturated carbocycles. The van der Waals surface area contributed by atoms with Gasteiger partial charge in [0.25, 0.3) is 0 Å². The monoisotopic (exact) mass is 498 g/mol. The first-order valence-electron chi connectivity index (χ1n) is 11.4. The summed E-state index contributed by atoms with van der Waals surface area (Å²) in [5.74, 6) is 0.598. The summed E-state index contributed by atoms with van der Waals surface area (Å²) in [5, 5.41) is 3.66. The van der Waals surface area contributed by atoms with Gasteiger partial charge in [0.2, 0.25) is 5.91 Å². The van der Waals surface area contributed by atoms with Gasteiger partial charge in [0.1, 0.15) is 9.84 Å². The minimum atomic E-state index is -3.67. The van der Waals surface area contributed by atoms with Gasteiger partial charge < -0.3 is 10.2 Å². The lowest BCUT2D eigenvalue weighted by molar-refractivity contribution is -0.135. The molecule has 1 fully saturated rings. The van der Waals surface area contributed by atoms with E-state index < -0.39 is 16.5 Å². The molecule has 1 aliphatic heterocycles. The fourth-order valence-corrected chi connectivity index (χ4v) is 6.18. The zero-order chi connectivity index (χ0) is 24.9. The molecule has 2 atom stereocenters. The van der Waals surface area contributed by atoms with Gasteiger partial charge in [-0.1, -0.05) is 43.3 Å². The SMILES string of the molecule is C[C@H]1c2ccccc2C[C@@H]1Nc1ccc(CN(C)C(=O)C2CCS(=O)(=O)CC2)cc1.FC(F)F.[HH].